The standard InChI is InChI=1S/C14H13N3O6S/c1-22-9-3-4-11(24(19,20)21)10(5-9)17-7-8(6-15)12(16)13(17)14(18)23-2/h3-5,7H,16H2,1-2H3,(H,19,20,21). The van der Waals surface area contributed by atoms with Gasteiger partial charge in [0, 0.05) is 12.3 Å². The van der Waals surface area contributed by atoms with Gasteiger partial charge in [-0.3, -0.25) is 4.55 Å². The number of benzene rings is 1. The molecule has 24 heavy (non-hydrogen) atoms. The quantitative estimate of drug-likeness (QED) is 0.612. The number of hydrogen-bond donors (Lipinski definition) is 2. The first-order valence-corrected chi connectivity index (χ1v) is 7.83. The molecule has 2 rings (SSSR count). The first-order valence-electron chi connectivity index (χ1n) is 6.39. The van der Waals surface area contributed by atoms with Gasteiger partial charge in [0.2, 0.25) is 0 Å². The van der Waals surface area contributed by atoms with Crippen molar-refractivity contribution in [3.63, 3.8) is 0 Å². The summed E-state index contributed by atoms with van der Waals surface area (Å²) in [6, 6.07) is 5.49. The molecule has 1 aromatic carbocycles. The molecule has 0 fully saturated rings. The van der Waals surface area contributed by atoms with Crippen LogP contribution in [0.5, 0.6) is 5.75 Å². The zero-order valence-electron chi connectivity index (χ0n) is 12.7. The fraction of sp³-hybridized carbons (Fsp3) is 0.143. The Balaban J connectivity index is 2.91. The number of nitriles is 1. The highest BCUT2D eigenvalue weighted by atomic mass is 32.2. The van der Waals surface area contributed by atoms with Gasteiger partial charge in [0.05, 0.1) is 31.2 Å². The van der Waals surface area contributed by atoms with Gasteiger partial charge in [0.25, 0.3) is 10.1 Å². The van der Waals surface area contributed by atoms with Gasteiger partial charge in [0.15, 0.2) is 5.69 Å². The molecule has 0 spiro atoms. The van der Waals surface area contributed by atoms with Crippen LogP contribution >= 0.6 is 0 Å². The average molecular weight is 351 g/mol. The second-order valence-electron chi connectivity index (χ2n) is 4.59. The smallest absolute Gasteiger partial charge is 0.357 e. The molecule has 0 bridgehead atoms. The lowest BCUT2D eigenvalue weighted by molar-refractivity contribution is 0.0592. The number of hydrogen-bond acceptors (Lipinski definition) is 7. The van der Waals surface area contributed by atoms with Crippen molar-refractivity contribution in [2.24, 2.45) is 0 Å². The summed E-state index contributed by atoms with van der Waals surface area (Å²) in [5, 5.41) is 9.10. The third-order valence-corrected chi connectivity index (χ3v) is 4.15. The molecule has 0 radical (unpaired) electrons. The van der Waals surface area contributed by atoms with E-state index in [1.807, 2.05) is 0 Å². The van der Waals surface area contributed by atoms with E-state index in [1.165, 1.54) is 25.4 Å². The molecule has 10 heteroatoms. The predicted molar refractivity (Wildman–Crippen MR) is 82.6 cm³/mol. The predicted octanol–water partition coefficient (Wildman–Crippen LogP) is 0.973. The van der Waals surface area contributed by atoms with Crippen LogP contribution in [0.15, 0.2) is 29.3 Å². The molecule has 0 aliphatic heterocycles. The maximum absolute atomic E-state index is 12.0. The molecule has 0 saturated heterocycles. The summed E-state index contributed by atoms with van der Waals surface area (Å²) in [5.41, 5.74) is 5.18. The van der Waals surface area contributed by atoms with Crippen LogP contribution in [0.4, 0.5) is 5.69 Å². The molecule has 1 heterocycles. The Hall–Kier alpha value is -3.03. The first kappa shape index (κ1) is 17.3. The minimum atomic E-state index is -4.62. The second-order valence-corrected chi connectivity index (χ2v) is 5.98. The Morgan fingerprint density at radius 2 is 2.04 bits per heavy atom. The Morgan fingerprint density at radius 1 is 1.38 bits per heavy atom. The Kier molecular flexibility index (Phi) is 4.50. The number of nitrogens with two attached hydrogens (primary N) is 1. The van der Waals surface area contributed by atoms with Crippen molar-refractivity contribution in [2.75, 3.05) is 20.0 Å². The van der Waals surface area contributed by atoms with Gasteiger partial charge in [-0.25, -0.2) is 4.79 Å². The first-order chi connectivity index (χ1) is 11.2. The topological polar surface area (TPSA) is 145 Å². The van der Waals surface area contributed by atoms with Gasteiger partial charge >= 0.3 is 5.97 Å². The SMILES string of the molecule is COC(=O)c1c(N)c(C#N)cn1-c1cc(OC)ccc1S(=O)(=O)O. The highest BCUT2D eigenvalue weighted by Gasteiger charge is 2.26. The normalized spacial score (nSPS) is 10.9. The Labute approximate surface area is 137 Å². The lowest BCUT2D eigenvalue weighted by atomic mass is 10.2. The molecular formula is C14H13N3O6S. The largest absolute Gasteiger partial charge is 0.497 e. The molecule has 0 aliphatic rings. The lowest BCUT2D eigenvalue weighted by Gasteiger charge is -2.13. The molecule has 0 atom stereocenters. The molecule has 0 saturated carbocycles. The molecule has 9 nitrogen and oxygen atoms in total. The minimum absolute atomic E-state index is 0.0560. The Bertz CT molecular complexity index is 956. The number of esters is 1. The van der Waals surface area contributed by atoms with Gasteiger partial charge in [0.1, 0.15) is 16.7 Å². The van der Waals surface area contributed by atoms with Crippen LogP contribution in [-0.2, 0) is 14.9 Å². The van der Waals surface area contributed by atoms with Crippen molar-refractivity contribution in [3.05, 3.63) is 35.7 Å². The van der Waals surface area contributed by atoms with Crippen molar-refractivity contribution < 1.29 is 27.2 Å². The molecule has 2 aromatic rings. The number of ether oxygens (including phenoxy) is 2. The van der Waals surface area contributed by atoms with E-state index in [2.05, 4.69) is 4.74 Å². The van der Waals surface area contributed by atoms with E-state index in [1.54, 1.807) is 6.07 Å². The fourth-order valence-corrected chi connectivity index (χ4v) is 2.80. The van der Waals surface area contributed by atoms with E-state index >= 15 is 0 Å². The summed E-state index contributed by atoms with van der Waals surface area (Å²) < 4.78 is 43.4. The molecule has 0 unspecified atom stereocenters. The van der Waals surface area contributed by atoms with E-state index in [9.17, 15) is 17.8 Å². The van der Waals surface area contributed by atoms with Crippen LogP contribution < -0.4 is 10.5 Å². The number of aromatic nitrogens is 1. The summed E-state index contributed by atoms with van der Waals surface area (Å²) in [7, 11) is -2.15. The van der Waals surface area contributed by atoms with Gasteiger partial charge in [-0.1, -0.05) is 0 Å². The van der Waals surface area contributed by atoms with Crippen molar-refractivity contribution in [2.45, 2.75) is 4.90 Å². The van der Waals surface area contributed by atoms with Crippen LogP contribution in [0.2, 0.25) is 0 Å². The summed E-state index contributed by atoms with van der Waals surface area (Å²) in [5.74, 6) is -0.614. The lowest BCUT2D eigenvalue weighted by Crippen LogP contribution is -2.13. The van der Waals surface area contributed by atoms with Gasteiger partial charge in [-0.05, 0) is 12.1 Å². The van der Waals surface area contributed by atoms with Crippen LogP contribution in [0.3, 0.4) is 0 Å². The van der Waals surface area contributed by atoms with Gasteiger partial charge in [-0.15, -0.1) is 0 Å². The third kappa shape index (κ3) is 2.90. The van der Waals surface area contributed by atoms with E-state index in [-0.39, 0.29) is 28.4 Å². The number of nitrogen functional groups attached to an aromatic ring is 1. The highest BCUT2D eigenvalue weighted by molar-refractivity contribution is 7.86. The number of carbonyl (C=O) groups excluding carboxylic acids is 1. The summed E-state index contributed by atoms with van der Waals surface area (Å²) in [6.45, 7) is 0. The van der Waals surface area contributed by atoms with E-state index in [0.29, 0.717) is 0 Å². The van der Waals surface area contributed by atoms with Crippen LogP contribution in [0.1, 0.15) is 16.1 Å². The summed E-state index contributed by atoms with van der Waals surface area (Å²) in [6.07, 6.45) is 1.17. The third-order valence-electron chi connectivity index (χ3n) is 3.25. The van der Waals surface area contributed by atoms with Crippen molar-refractivity contribution in [1.29, 1.82) is 5.26 Å². The maximum atomic E-state index is 12.0. The van der Waals surface area contributed by atoms with Crippen LogP contribution in [0.25, 0.3) is 5.69 Å². The zero-order valence-corrected chi connectivity index (χ0v) is 13.5. The number of rotatable bonds is 4. The van der Waals surface area contributed by atoms with E-state index in [0.717, 1.165) is 17.7 Å². The minimum Gasteiger partial charge on any atom is -0.497 e. The van der Waals surface area contributed by atoms with Gasteiger partial charge in [-0.2, -0.15) is 13.7 Å². The summed E-state index contributed by atoms with van der Waals surface area (Å²) in [4.78, 5) is 11.5. The van der Waals surface area contributed by atoms with Crippen LogP contribution in [-0.4, -0.2) is 37.7 Å². The second kappa shape index (κ2) is 6.23. The monoisotopic (exact) mass is 351 g/mol. The van der Waals surface area contributed by atoms with Crippen molar-refractivity contribution in [3.8, 4) is 17.5 Å². The highest BCUT2D eigenvalue weighted by Crippen LogP contribution is 2.30. The van der Waals surface area contributed by atoms with Gasteiger partial charge < -0.3 is 19.8 Å². The van der Waals surface area contributed by atoms with E-state index in [4.69, 9.17) is 15.7 Å². The Morgan fingerprint density at radius 3 is 2.54 bits per heavy atom. The fourth-order valence-electron chi connectivity index (χ4n) is 2.14. The molecule has 126 valence electrons. The number of methoxy groups -OCH3 is 2. The maximum Gasteiger partial charge on any atom is 0.357 e. The zero-order chi connectivity index (χ0) is 18.1. The van der Waals surface area contributed by atoms with Crippen molar-refractivity contribution in [1.82, 2.24) is 4.57 Å². The molecule has 1 aromatic heterocycles. The van der Waals surface area contributed by atoms with E-state index < -0.39 is 21.0 Å². The van der Waals surface area contributed by atoms with Crippen LogP contribution in [0, 0.1) is 11.3 Å². The summed E-state index contributed by atoms with van der Waals surface area (Å²) >= 11 is 0. The molecule has 3 N–H and O–H groups in total. The molecule has 0 amide bonds. The number of anilines is 1. The average Bonchev–Trinajstić information content (AvgIpc) is 2.89. The van der Waals surface area contributed by atoms with Crippen molar-refractivity contribution >= 4 is 21.8 Å². The molecular weight excluding hydrogens is 338 g/mol. The number of nitrogens with zero attached hydrogens (tertiary/aromatic N) is 2. The number of carbonyl (C=O) groups is 1. The molecule has 0 aliphatic carbocycles.